The number of hydrogen-bond acceptors (Lipinski definition) is 2. The van der Waals surface area contributed by atoms with Crippen molar-refractivity contribution >= 4 is 38.4 Å². The Hall–Kier alpha value is 0.214. The van der Waals surface area contributed by atoms with E-state index in [0.29, 0.717) is 23.2 Å². The van der Waals surface area contributed by atoms with Gasteiger partial charge in [0.2, 0.25) is 0 Å². The number of rotatable bonds is 0. The number of para-hydroxylation sites is 2. The summed E-state index contributed by atoms with van der Waals surface area (Å²) < 4.78 is 0. The number of hydrogen-bond donors (Lipinski definition) is 2. The third-order valence-corrected chi connectivity index (χ3v) is 1.51. The van der Waals surface area contributed by atoms with Crippen molar-refractivity contribution in [2.45, 2.75) is 0 Å². The molecular weight excluding hydrogens is 478 g/mol. The quantitative estimate of drug-likeness (QED) is 0.421. The molecule has 0 saturated carbocycles. The van der Waals surface area contributed by atoms with Gasteiger partial charge in [-0.3, -0.25) is 0 Å². The van der Waals surface area contributed by atoms with E-state index < -0.39 is 0 Å². The van der Waals surface area contributed by atoms with Crippen LogP contribution in [0.2, 0.25) is 0 Å². The second-order valence-electron chi connectivity index (χ2n) is 2.74. The van der Waals surface area contributed by atoms with E-state index in [1.165, 1.54) is 0 Å². The van der Waals surface area contributed by atoms with Crippen molar-refractivity contribution in [1.82, 2.24) is 0 Å². The molecule has 17 heavy (non-hydrogen) atoms. The van der Waals surface area contributed by atoms with Gasteiger partial charge in [0.25, 0.3) is 0 Å². The first-order valence-corrected chi connectivity index (χ1v) is 14.7. The maximum atomic E-state index is 8.63. The Balaban J connectivity index is 0.000000247. The average Bonchev–Trinajstić information content (AvgIpc) is 2.33. The van der Waals surface area contributed by atoms with Gasteiger partial charge in [0.1, 0.15) is 11.5 Å². The van der Waals surface area contributed by atoms with E-state index in [1.807, 2.05) is 12.1 Å². The summed E-state index contributed by atoms with van der Waals surface area (Å²) in [5.74, 6) is 0.644. The van der Waals surface area contributed by atoms with Gasteiger partial charge in [-0.05, 0) is 24.3 Å². The van der Waals surface area contributed by atoms with Crippen LogP contribution in [0.5, 0.6) is 11.5 Å². The Morgan fingerprint density at radius 3 is 1.00 bits per heavy atom. The molecule has 0 aliphatic heterocycles. The molecular formula is C12H12I2O2Ti. The van der Waals surface area contributed by atoms with E-state index in [4.69, 9.17) is 10.2 Å². The Bertz CT molecular complexity index is 333. The molecule has 0 fully saturated rings. The minimum absolute atomic E-state index is 0.322. The summed E-state index contributed by atoms with van der Waals surface area (Å²) in [6.07, 6.45) is 0. The van der Waals surface area contributed by atoms with E-state index in [9.17, 15) is 0 Å². The van der Waals surface area contributed by atoms with Crippen LogP contribution in [-0.2, 0) is 11.7 Å². The first-order chi connectivity index (χ1) is 8.20. The van der Waals surface area contributed by atoms with E-state index in [-0.39, 0.29) is 0 Å². The molecule has 0 atom stereocenters. The molecule has 0 aromatic heterocycles. The molecule has 0 aliphatic carbocycles. The molecule has 0 bridgehead atoms. The Morgan fingerprint density at radius 2 is 0.882 bits per heavy atom. The zero-order valence-corrected chi connectivity index (χ0v) is 14.8. The molecule has 2 rings (SSSR count). The van der Waals surface area contributed by atoms with Crippen LogP contribution in [0.25, 0.3) is 0 Å². The van der Waals surface area contributed by atoms with Crippen molar-refractivity contribution in [3.8, 4) is 11.5 Å². The zero-order chi connectivity index (χ0) is 12.9. The summed E-state index contributed by atoms with van der Waals surface area (Å²) in [7, 11) is 0. The van der Waals surface area contributed by atoms with Crippen LogP contribution >= 0.6 is 38.4 Å². The van der Waals surface area contributed by atoms with Gasteiger partial charge >= 0.3 is 50.0 Å². The Labute approximate surface area is 131 Å². The fourth-order valence-corrected chi connectivity index (χ4v) is 0.856. The van der Waals surface area contributed by atoms with Crippen LogP contribution in [0.4, 0.5) is 0 Å². The predicted molar refractivity (Wildman–Crippen MR) is 84.3 cm³/mol. The molecule has 5 heteroatoms. The summed E-state index contributed by atoms with van der Waals surface area (Å²) in [6.45, 7) is 0. The van der Waals surface area contributed by atoms with E-state index in [1.54, 1.807) is 48.5 Å². The number of benzene rings is 2. The van der Waals surface area contributed by atoms with Crippen molar-refractivity contribution in [2.75, 3.05) is 0 Å². The van der Waals surface area contributed by atoms with Crippen molar-refractivity contribution in [2.24, 2.45) is 0 Å². The molecule has 2 N–H and O–H groups in total. The minimum atomic E-state index is 0.322. The molecule has 0 amide bonds. The Kier molecular flexibility index (Phi) is 12.8. The van der Waals surface area contributed by atoms with Gasteiger partial charge in [0.05, 0.1) is 0 Å². The van der Waals surface area contributed by atoms with Crippen molar-refractivity contribution < 1.29 is 21.9 Å². The van der Waals surface area contributed by atoms with Crippen molar-refractivity contribution in [1.29, 1.82) is 0 Å². The molecule has 2 nitrogen and oxygen atoms in total. The summed E-state index contributed by atoms with van der Waals surface area (Å²) >= 11 is 5.24. The van der Waals surface area contributed by atoms with E-state index in [2.05, 4.69) is 38.4 Å². The van der Waals surface area contributed by atoms with Crippen LogP contribution < -0.4 is 0 Å². The molecule has 2 aromatic carbocycles. The van der Waals surface area contributed by atoms with Crippen LogP contribution in [0.1, 0.15) is 0 Å². The van der Waals surface area contributed by atoms with Crippen LogP contribution in [0, 0.1) is 0 Å². The fraction of sp³-hybridized carbons (Fsp3) is 0. The fourth-order valence-electron chi connectivity index (χ4n) is 0.856. The predicted octanol–water partition coefficient (Wildman–Crippen LogP) is 4.55. The number of phenolic OH excluding ortho intramolecular Hbond substituents is 2. The topological polar surface area (TPSA) is 40.5 Å². The molecule has 0 saturated heterocycles. The zero-order valence-electron chi connectivity index (χ0n) is 8.92. The summed E-state index contributed by atoms with van der Waals surface area (Å²) in [4.78, 5) is 0. The van der Waals surface area contributed by atoms with Crippen LogP contribution in [0.3, 0.4) is 0 Å². The second-order valence-corrected chi connectivity index (χ2v) is 15.9. The first-order valence-electron chi connectivity index (χ1n) is 4.65. The summed E-state index contributed by atoms with van der Waals surface area (Å²) in [6, 6.07) is 17.4. The van der Waals surface area contributed by atoms with Gasteiger partial charge in [-0.25, -0.2) is 0 Å². The van der Waals surface area contributed by atoms with Gasteiger partial charge in [0, 0.05) is 0 Å². The number of aromatic hydroxyl groups is 2. The monoisotopic (exact) mass is 490 g/mol. The molecule has 90 valence electrons. The molecule has 2 aromatic rings. The maximum absolute atomic E-state index is 8.63. The van der Waals surface area contributed by atoms with Crippen molar-refractivity contribution in [3.63, 3.8) is 0 Å². The summed E-state index contributed by atoms with van der Waals surface area (Å²) in [5, 5.41) is 17.3. The second kappa shape index (κ2) is 12.7. The number of phenols is 2. The average molecular weight is 490 g/mol. The van der Waals surface area contributed by atoms with Crippen LogP contribution in [-0.4, -0.2) is 10.2 Å². The van der Waals surface area contributed by atoms with Gasteiger partial charge < -0.3 is 10.2 Å². The van der Waals surface area contributed by atoms with Gasteiger partial charge in [0.15, 0.2) is 0 Å². The van der Waals surface area contributed by atoms with E-state index >= 15 is 0 Å². The normalized spacial score (nSPS) is 7.88. The third-order valence-electron chi connectivity index (χ3n) is 1.51. The van der Waals surface area contributed by atoms with Gasteiger partial charge in [-0.2, -0.15) is 0 Å². The molecule has 0 aliphatic rings. The SMILES string of the molecule is Oc1ccccc1.Oc1ccccc1.[I][Ti][I]. The van der Waals surface area contributed by atoms with Gasteiger partial charge in [-0.15, -0.1) is 0 Å². The van der Waals surface area contributed by atoms with E-state index in [0.717, 1.165) is 0 Å². The summed E-state index contributed by atoms with van der Waals surface area (Å²) in [5.41, 5.74) is 0. The molecule has 0 heterocycles. The standard InChI is InChI=1S/2C6H6O.2HI.Ti/c2*7-6-4-2-1-3-5-6;;;/h2*1-5,7H;2*1H;/q;;;;+2/p-2. The van der Waals surface area contributed by atoms with Crippen molar-refractivity contribution in [3.05, 3.63) is 60.7 Å². The third kappa shape index (κ3) is 12.5. The first kappa shape index (κ1) is 17.2. The number of halogens is 2. The van der Waals surface area contributed by atoms with Gasteiger partial charge in [-0.1, -0.05) is 36.4 Å². The van der Waals surface area contributed by atoms with Crippen LogP contribution in [0.15, 0.2) is 60.7 Å². The Morgan fingerprint density at radius 1 is 0.647 bits per heavy atom. The molecule has 0 radical (unpaired) electrons. The molecule has 0 spiro atoms. The molecule has 0 unspecified atom stereocenters.